The van der Waals surface area contributed by atoms with Crippen LogP contribution >= 0.6 is 0 Å². The molecule has 0 atom stereocenters. The van der Waals surface area contributed by atoms with Crippen molar-refractivity contribution in [1.82, 2.24) is 9.80 Å². The van der Waals surface area contributed by atoms with Crippen LogP contribution in [-0.2, 0) is 9.59 Å². The van der Waals surface area contributed by atoms with Gasteiger partial charge in [-0.3, -0.25) is 9.59 Å². The fourth-order valence-electron chi connectivity index (χ4n) is 1.43. The van der Waals surface area contributed by atoms with Crippen molar-refractivity contribution in [2.45, 2.75) is 33.6 Å². The Kier molecular flexibility index (Phi) is 6.77. The van der Waals surface area contributed by atoms with Crippen molar-refractivity contribution in [3.8, 4) is 0 Å². The molecule has 0 aliphatic heterocycles. The minimum atomic E-state index is -0.0163. The van der Waals surface area contributed by atoms with Crippen LogP contribution in [0.25, 0.3) is 0 Å². The molecule has 0 bridgehead atoms. The number of rotatable bonds is 6. The molecule has 0 aliphatic carbocycles. The number of hydrogen-bond acceptors (Lipinski definition) is 2. The third-order valence-electron chi connectivity index (χ3n) is 2.64. The first-order chi connectivity index (χ1) is 7.47. The van der Waals surface area contributed by atoms with Gasteiger partial charge in [-0.05, 0) is 20.3 Å². The summed E-state index contributed by atoms with van der Waals surface area (Å²) in [7, 11) is 3.41. The molecule has 0 fully saturated rings. The minimum absolute atomic E-state index is 0.0163. The Hall–Kier alpha value is -1.06. The van der Waals surface area contributed by atoms with Crippen molar-refractivity contribution < 1.29 is 9.59 Å². The molecule has 93 valence electrons. The van der Waals surface area contributed by atoms with Crippen molar-refractivity contribution >= 4 is 11.8 Å². The molecule has 0 rings (SSSR count). The predicted octanol–water partition coefficient (Wildman–Crippen LogP) is 1.32. The molecule has 0 aliphatic rings. The topological polar surface area (TPSA) is 40.6 Å². The summed E-state index contributed by atoms with van der Waals surface area (Å²) in [6, 6.07) is 0. The zero-order valence-corrected chi connectivity index (χ0v) is 11.0. The molecule has 4 nitrogen and oxygen atoms in total. The van der Waals surface area contributed by atoms with Gasteiger partial charge in [0.15, 0.2) is 0 Å². The lowest BCUT2D eigenvalue weighted by Crippen LogP contribution is -2.37. The van der Waals surface area contributed by atoms with E-state index in [-0.39, 0.29) is 18.2 Å². The zero-order valence-electron chi connectivity index (χ0n) is 11.0. The molecule has 0 spiro atoms. The van der Waals surface area contributed by atoms with Crippen molar-refractivity contribution in [2.24, 2.45) is 0 Å². The fourth-order valence-corrected chi connectivity index (χ4v) is 1.43. The van der Waals surface area contributed by atoms with Crippen LogP contribution in [0.15, 0.2) is 0 Å². The SMILES string of the molecule is CC[C](CC(=O)N(C)C)C(=O)N(CC)CC. The van der Waals surface area contributed by atoms with E-state index in [0.717, 1.165) is 0 Å². The summed E-state index contributed by atoms with van der Waals surface area (Å²) in [5, 5.41) is 0. The average Bonchev–Trinajstić information content (AvgIpc) is 2.26. The zero-order chi connectivity index (χ0) is 12.7. The molecular weight excluding hydrogens is 204 g/mol. The highest BCUT2D eigenvalue weighted by molar-refractivity contribution is 5.95. The van der Waals surface area contributed by atoms with Gasteiger partial charge in [0.2, 0.25) is 11.8 Å². The van der Waals surface area contributed by atoms with Gasteiger partial charge < -0.3 is 9.80 Å². The summed E-state index contributed by atoms with van der Waals surface area (Å²) in [4.78, 5) is 26.8. The number of carbonyl (C=O) groups excluding carboxylic acids is 2. The van der Waals surface area contributed by atoms with Gasteiger partial charge in [0.05, 0.1) is 5.92 Å². The van der Waals surface area contributed by atoms with Gasteiger partial charge in [0.25, 0.3) is 0 Å². The van der Waals surface area contributed by atoms with E-state index in [1.807, 2.05) is 20.8 Å². The van der Waals surface area contributed by atoms with Gasteiger partial charge in [-0.15, -0.1) is 0 Å². The van der Waals surface area contributed by atoms with Crippen LogP contribution < -0.4 is 0 Å². The third kappa shape index (κ3) is 4.21. The summed E-state index contributed by atoms with van der Waals surface area (Å²) in [5.41, 5.74) is 0. The summed E-state index contributed by atoms with van der Waals surface area (Å²) in [6.45, 7) is 7.19. The Balaban J connectivity index is 4.48. The summed E-state index contributed by atoms with van der Waals surface area (Å²) >= 11 is 0. The molecule has 0 unspecified atom stereocenters. The molecule has 1 radical (unpaired) electrons. The summed E-state index contributed by atoms with van der Waals surface area (Å²) < 4.78 is 0. The first-order valence-corrected chi connectivity index (χ1v) is 5.81. The molecule has 0 saturated carbocycles. The second kappa shape index (κ2) is 7.25. The van der Waals surface area contributed by atoms with Crippen molar-refractivity contribution in [2.75, 3.05) is 27.2 Å². The maximum Gasteiger partial charge on any atom is 0.230 e. The van der Waals surface area contributed by atoms with E-state index < -0.39 is 0 Å². The molecule has 0 aromatic carbocycles. The van der Waals surface area contributed by atoms with Gasteiger partial charge in [0.1, 0.15) is 0 Å². The lowest BCUT2D eigenvalue weighted by Gasteiger charge is -2.24. The van der Waals surface area contributed by atoms with Gasteiger partial charge in [-0.2, -0.15) is 0 Å². The Labute approximate surface area is 98.6 Å². The number of hydrogen-bond donors (Lipinski definition) is 0. The van der Waals surface area contributed by atoms with Crippen molar-refractivity contribution in [3.05, 3.63) is 5.92 Å². The smallest absolute Gasteiger partial charge is 0.230 e. The summed E-state index contributed by atoms with van der Waals surface area (Å²) in [6.07, 6.45) is 0.869. The first-order valence-electron chi connectivity index (χ1n) is 5.81. The average molecular weight is 227 g/mol. The number of nitrogens with zero attached hydrogens (tertiary/aromatic N) is 2. The van der Waals surface area contributed by atoms with E-state index in [9.17, 15) is 9.59 Å². The maximum absolute atomic E-state index is 12.0. The molecule has 4 heteroatoms. The third-order valence-corrected chi connectivity index (χ3v) is 2.64. The second-order valence-electron chi connectivity index (χ2n) is 3.90. The molecular formula is C12H23N2O2. The minimum Gasteiger partial charge on any atom is -0.349 e. The standard InChI is InChI=1S/C12H23N2O2/c1-6-10(9-11(15)13(4)5)12(16)14(7-2)8-3/h6-9H2,1-5H3. The van der Waals surface area contributed by atoms with Crippen LogP contribution in [0, 0.1) is 5.92 Å². The monoisotopic (exact) mass is 227 g/mol. The second-order valence-corrected chi connectivity index (χ2v) is 3.90. The Morgan fingerprint density at radius 2 is 1.50 bits per heavy atom. The van der Waals surface area contributed by atoms with E-state index in [2.05, 4.69) is 0 Å². The quantitative estimate of drug-likeness (QED) is 0.686. The molecule has 2 amide bonds. The van der Waals surface area contributed by atoms with Crippen LogP contribution in [0.2, 0.25) is 0 Å². The van der Waals surface area contributed by atoms with Gasteiger partial charge in [0, 0.05) is 33.6 Å². The van der Waals surface area contributed by atoms with E-state index >= 15 is 0 Å². The van der Waals surface area contributed by atoms with Crippen molar-refractivity contribution in [3.63, 3.8) is 0 Å². The highest BCUT2D eigenvalue weighted by atomic mass is 16.2. The molecule has 0 saturated heterocycles. The molecule has 0 aromatic heterocycles. The lowest BCUT2D eigenvalue weighted by atomic mass is 10.00. The molecule has 16 heavy (non-hydrogen) atoms. The Morgan fingerprint density at radius 1 is 1.00 bits per heavy atom. The first kappa shape index (κ1) is 14.9. The fraction of sp³-hybridized carbons (Fsp3) is 0.750. The normalized spacial score (nSPS) is 10.4. The maximum atomic E-state index is 12.0. The number of amides is 2. The van der Waals surface area contributed by atoms with Crippen LogP contribution in [-0.4, -0.2) is 48.8 Å². The van der Waals surface area contributed by atoms with E-state index in [1.165, 1.54) is 4.90 Å². The number of carbonyl (C=O) groups is 2. The van der Waals surface area contributed by atoms with Crippen LogP contribution in [0.4, 0.5) is 0 Å². The predicted molar refractivity (Wildman–Crippen MR) is 64.8 cm³/mol. The molecule has 0 aromatic rings. The van der Waals surface area contributed by atoms with E-state index in [1.54, 1.807) is 19.0 Å². The Morgan fingerprint density at radius 3 is 1.81 bits per heavy atom. The van der Waals surface area contributed by atoms with Crippen LogP contribution in [0.5, 0.6) is 0 Å². The van der Waals surface area contributed by atoms with Crippen molar-refractivity contribution in [1.29, 1.82) is 0 Å². The lowest BCUT2D eigenvalue weighted by molar-refractivity contribution is -0.133. The van der Waals surface area contributed by atoms with Gasteiger partial charge in [-0.1, -0.05) is 6.92 Å². The van der Waals surface area contributed by atoms with Crippen LogP contribution in [0.1, 0.15) is 33.6 Å². The molecule has 0 heterocycles. The molecule has 0 N–H and O–H groups in total. The Bertz CT molecular complexity index is 235. The van der Waals surface area contributed by atoms with E-state index in [4.69, 9.17) is 0 Å². The highest BCUT2D eigenvalue weighted by Crippen LogP contribution is 2.15. The highest BCUT2D eigenvalue weighted by Gasteiger charge is 2.24. The van der Waals surface area contributed by atoms with Crippen LogP contribution in [0.3, 0.4) is 0 Å². The van der Waals surface area contributed by atoms with Gasteiger partial charge >= 0.3 is 0 Å². The largest absolute Gasteiger partial charge is 0.349 e. The summed E-state index contributed by atoms with van der Waals surface area (Å²) in [5.74, 6) is 0.697. The van der Waals surface area contributed by atoms with E-state index in [0.29, 0.717) is 25.4 Å². The van der Waals surface area contributed by atoms with Gasteiger partial charge in [-0.25, -0.2) is 0 Å².